The molecule has 0 saturated heterocycles. The normalized spacial score (nSPS) is 13.1. The molecule has 1 unspecified atom stereocenters. The van der Waals surface area contributed by atoms with E-state index in [0.717, 1.165) is 37.0 Å². The van der Waals surface area contributed by atoms with Crippen molar-refractivity contribution in [3.8, 4) is 5.75 Å². The Hall–Kier alpha value is -2.42. The van der Waals surface area contributed by atoms with Crippen LogP contribution in [0.1, 0.15) is 56.6 Å². The fourth-order valence-electron chi connectivity index (χ4n) is 3.62. The SMILES string of the molecule is CCCCCCCCc1ccc(N(Cc2cccc(OC(F)(F)F)c2)CC(O)C(F)(F)F)cc1. The molecule has 1 N–H and O–H groups in total. The summed E-state index contributed by atoms with van der Waals surface area (Å²) in [5.41, 5.74) is 1.79. The summed E-state index contributed by atoms with van der Waals surface area (Å²) in [6.07, 6.45) is -4.53. The smallest absolute Gasteiger partial charge is 0.406 e. The average Bonchev–Trinajstić information content (AvgIpc) is 2.74. The second kappa shape index (κ2) is 12.9. The van der Waals surface area contributed by atoms with E-state index in [2.05, 4.69) is 11.7 Å². The first-order valence-corrected chi connectivity index (χ1v) is 11.4. The Morgan fingerprint density at radius 1 is 0.853 bits per heavy atom. The predicted octanol–water partition coefficient (Wildman–Crippen LogP) is 7.42. The van der Waals surface area contributed by atoms with Gasteiger partial charge in [-0.15, -0.1) is 13.2 Å². The van der Waals surface area contributed by atoms with Crippen LogP contribution in [0.3, 0.4) is 0 Å². The maximum atomic E-state index is 13.0. The highest BCUT2D eigenvalue weighted by Crippen LogP contribution is 2.27. The van der Waals surface area contributed by atoms with Crippen molar-refractivity contribution in [2.45, 2.75) is 77.1 Å². The molecule has 34 heavy (non-hydrogen) atoms. The second-order valence-electron chi connectivity index (χ2n) is 8.32. The molecule has 0 bridgehead atoms. The van der Waals surface area contributed by atoms with Crippen LogP contribution >= 0.6 is 0 Å². The maximum Gasteiger partial charge on any atom is 0.573 e. The van der Waals surface area contributed by atoms with Gasteiger partial charge in [-0.25, -0.2) is 0 Å². The molecule has 0 heterocycles. The van der Waals surface area contributed by atoms with Crippen LogP contribution in [0.15, 0.2) is 48.5 Å². The summed E-state index contributed by atoms with van der Waals surface area (Å²) >= 11 is 0. The van der Waals surface area contributed by atoms with Gasteiger partial charge < -0.3 is 14.7 Å². The molecule has 3 nitrogen and oxygen atoms in total. The van der Waals surface area contributed by atoms with Crippen LogP contribution in [0.25, 0.3) is 0 Å². The molecule has 2 aromatic rings. The number of rotatable bonds is 13. The Bertz CT molecular complexity index is 852. The van der Waals surface area contributed by atoms with Crippen LogP contribution in [-0.2, 0) is 13.0 Å². The molecule has 9 heteroatoms. The van der Waals surface area contributed by atoms with E-state index in [0.29, 0.717) is 11.3 Å². The minimum absolute atomic E-state index is 0.140. The molecule has 0 spiro atoms. The number of benzene rings is 2. The lowest BCUT2D eigenvalue weighted by Crippen LogP contribution is -2.40. The summed E-state index contributed by atoms with van der Waals surface area (Å²) < 4.78 is 80.5. The first-order chi connectivity index (χ1) is 16.0. The molecular formula is C25H31F6NO2. The lowest BCUT2D eigenvalue weighted by molar-refractivity contribution is -0.274. The molecular weight excluding hydrogens is 460 g/mol. The number of aliphatic hydroxyl groups is 1. The highest BCUT2D eigenvalue weighted by atomic mass is 19.4. The first kappa shape index (κ1) is 27.8. The van der Waals surface area contributed by atoms with E-state index in [1.807, 2.05) is 12.1 Å². The Morgan fingerprint density at radius 2 is 1.50 bits per heavy atom. The topological polar surface area (TPSA) is 32.7 Å². The van der Waals surface area contributed by atoms with Gasteiger partial charge in [-0.3, -0.25) is 0 Å². The molecule has 2 aromatic carbocycles. The number of alkyl halides is 6. The number of unbranched alkanes of at least 4 members (excludes halogenated alkanes) is 5. The number of aryl methyl sites for hydroxylation is 1. The Labute approximate surface area is 196 Å². The standard InChI is InChI=1S/C25H31F6NO2/c1-2-3-4-5-6-7-9-19-12-14-21(15-13-19)32(18-23(33)24(26,27)28)17-20-10-8-11-22(16-20)34-25(29,30)31/h8,10-16,23,33H,2-7,9,17-18H2,1H3. The third kappa shape index (κ3) is 10.2. The molecule has 0 amide bonds. The van der Waals surface area contributed by atoms with E-state index in [-0.39, 0.29) is 6.54 Å². The summed E-state index contributed by atoms with van der Waals surface area (Å²) in [5.74, 6) is -0.462. The first-order valence-electron chi connectivity index (χ1n) is 11.4. The number of ether oxygens (including phenoxy) is 1. The van der Waals surface area contributed by atoms with Crippen LogP contribution in [0, 0.1) is 0 Å². The Morgan fingerprint density at radius 3 is 2.12 bits per heavy atom. The van der Waals surface area contributed by atoms with Crippen molar-refractivity contribution in [1.29, 1.82) is 0 Å². The summed E-state index contributed by atoms with van der Waals surface area (Å²) in [7, 11) is 0. The lowest BCUT2D eigenvalue weighted by atomic mass is 10.0. The maximum absolute atomic E-state index is 13.0. The van der Waals surface area contributed by atoms with Gasteiger partial charge in [0, 0.05) is 12.2 Å². The van der Waals surface area contributed by atoms with Gasteiger partial charge in [-0.1, -0.05) is 63.3 Å². The van der Waals surface area contributed by atoms with Crippen molar-refractivity contribution >= 4 is 5.69 Å². The number of nitrogens with zero attached hydrogens (tertiary/aromatic N) is 1. The van der Waals surface area contributed by atoms with E-state index >= 15 is 0 Å². The number of hydrogen-bond donors (Lipinski definition) is 1. The average molecular weight is 492 g/mol. The molecule has 0 fully saturated rings. The van der Waals surface area contributed by atoms with Crippen molar-refractivity contribution in [3.05, 3.63) is 59.7 Å². The molecule has 0 aliphatic carbocycles. The summed E-state index contributed by atoms with van der Waals surface area (Å²) in [6.45, 7) is 1.26. The van der Waals surface area contributed by atoms with Gasteiger partial charge in [-0.05, 0) is 48.2 Å². The zero-order valence-corrected chi connectivity index (χ0v) is 19.1. The highest BCUT2D eigenvalue weighted by molar-refractivity contribution is 5.49. The van der Waals surface area contributed by atoms with Crippen molar-refractivity contribution in [2.75, 3.05) is 11.4 Å². The van der Waals surface area contributed by atoms with E-state index in [9.17, 15) is 31.4 Å². The number of aliphatic hydroxyl groups excluding tert-OH is 1. The van der Waals surface area contributed by atoms with Crippen molar-refractivity contribution in [2.24, 2.45) is 0 Å². The highest BCUT2D eigenvalue weighted by Gasteiger charge is 2.39. The van der Waals surface area contributed by atoms with E-state index in [1.54, 1.807) is 12.1 Å². The van der Waals surface area contributed by atoms with E-state index < -0.39 is 30.9 Å². The molecule has 1 atom stereocenters. The van der Waals surface area contributed by atoms with Crippen LogP contribution in [0.5, 0.6) is 5.75 Å². The Kier molecular flexibility index (Phi) is 10.5. The van der Waals surface area contributed by atoms with Gasteiger partial charge in [0.15, 0.2) is 6.10 Å². The van der Waals surface area contributed by atoms with Crippen LogP contribution in [0.2, 0.25) is 0 Å². The van der Waals surface area contributed by atoms with Crippen LogP contribution in [0.4, 0.5) is 32.0 Å². The molecule has 0 aromatic heterocycles. The minimum atomic E-state index is -4.88. The predicted molar refractivity (Wildman–Crippen MR) is 120 cm³/mol. The summed E-state index contributed by atoms with van der Waals surface area (Å²) in [5, 5.41) is 9.62. The van der Waals surface area contributed by atoms with Gasteiger partial charge in [0.05, 0.1) is 6.54 Å². The lowest BCUT2D eigenvalue weighted by Gasteiger charge is -2.28. The quantitative estimate of drug-likeness (QED) is 0.234. The largest absolute Gasteiger partial charge is 0.573 e. The van der Waals surface area contributed by atoms with E-state index in [1.165, 1.54) is 42.7 Å². The van der Waals surface area contributed by atoms with Gasteiger partial charge in [0.2, 0.25) is 0 Å². The fourth-order valence-corrected chi connectivity index (χ4v) is 3.62. The number of anilines is 1. The van der Waals surface area contributed by atoms with Gasteiger partial charge in [-0.2, -0.15) is 13.2 Å². The van der Waals surface area contributed by atoms with Gasteiger partial charge >= 0.3 is 12.5 Å². The zero-order chi connectivity index (χ0) is 25.2. The second-order valence-corrected chi connectivity index (χ2v) is 8.32. The summed E-state index contributed by atoms with van der Waals surface area (Å²) in [4.78, 5) is 1.29. The van der Waals surface area contributed by atoms with Gasteiger partial charge in [0.1, 0.15) is 5.75 Å². The molecule has 0 aliphatic rings. The van der Waals surface area contributed by atoms with Crippen molar-refractivity contribution < 1.29 is 36.2 Å². The van der Waals surface area contributed by atoms with Crippen molar-refractivity contribution in [1.82, 2.24) is 0 Å². The molecule has 0 aliphatic heterocycles. The third-order valence-corrected chi connectivity index (χ3v) is 5.40. The third-order valence-electron chi connectivity index (χ3n) is 5.40. The summed E-state index contributed by atoms with van der Waals surface area (Å²) in [6, 6.07) is 12.1. The monoisotopic (exact) mass is 491 g/mol. The molecule has 0 radical (unpaired) electrons. The minimum Gasteiger partial charge on any atom is -0.406 e. The van der Waals surface area contributed by atoms with E-state index in [4.69, 9.17) is 0 Å². The Balaban J connectivity index is 2.11. The zero-order valence-electron chi connectivity index (χ0n) is 19.1. The molecule has 0 saturated carbocycles. The van der Waals surface area contributed by atoms with Crippen LogP contribution < -0.4 is 9.64 Å². The van der Waals surface area contributed by atoms with Crippen molar-refractivity contribution in [3.63, 3.8) is 0 Å². The molecule has 2 rings (SSSR count). The molecule has 190 valence electrons. The number of hydrogen-bond acceptors (Lipinski definition) is 3. The van der Waals surface area contributed by atoms with Gasteiger partial charge in [0.25, 0.3) is 0 Å². The number of halogens is 6. The van der Waals surface area contributed by atoms with Crippen LogP contribution in [-0.4, -0.2) is 30.3 Å². The fraction of sp³-hybridized carbons (Fsp3) is 0.520.